The van der Waals surface area contributed by atoms with Crippen LogP contribution in [0.3, 0.4) is 0 Å². The van der Waals surface area contributed by atoms with Crippen LogP contribution in [0.15, 0.2) is 42.7 Å². The van der Waals surface area contributed by atoms with Crippen molar-refractivity contribution in [1.82, 2.24) is 20.6 Å². The third kappa shape index (κ3) is 5.16. The van der Waals surface area contributed by atoms with Gasteiger partial charge in [0.1, 0.15) is 0 Å². The molecule has 0 radical (unpaired) electrons. The van der Waals surface area contributed by atoms with Crippen molar-refractivity contribution in [3.8, 4) is 0 Å². The summed E-state index contributed by atoms with van der Waals surface area (Å²) in [6.07, 6.45) is 6.35. The Kier molecular flexibility index (Phi) is 7.81. The van der Waals surface area contributed by atoms with E-state index in [2.05, 4.69) is 25.5 Å². The number of hydrogen-bond acceptors (Lipinski definition) is 5. The molecule has 1 saturated heterocycles. The highest BCUT2D eigenvalue weighted by Crippen LogP contribution is 2.16. The average Bonchev–Trinajstić information content (AvgIpc) is 2.67. The number of halogens is 1. The second-order valence-corrected chi connectivity index (χ2v) is 6.32. The lowest BCUT2D eigenvalue weighted by molar-refractivity contribution is 0.0932. The first-order valence-corrected chi connectivity index (χ1v) is 8.83. The van der Waals surface area contributed by atoms with Gasteiger partial charge in [-0.3, -0.25) is 4.79 Å². The summed E-state index contributed by atoms with van der Waals surface area (Å²) < 4.78 is 0. The Bertz CT molecular complexity index is 697. The highest BCUT2D eigenvalue weighted by molar-refractivity contribution is 5.95. The van der Waals surface area contributed by atoms with E-state index in [4.69, 9.17) is 0 Å². The maximum absolute atomic E-state index is 12.8. The molecule has 0 spiro atoms. The van der Waals surface area contributed by atoms with Gasteiger partial charge in [-0.2, -0.15) is 0 Å². The number of carbonyl (C=O) groups is 1. The Morgan fingerprint density at radius 3 is 2.77 bits per heavy atom. The summed E-state index contributed by atoms with van der Waals surface area (Å²) in [6.45, 7) is 2.52. The van der Waals surface area contributed by atoms with Crippen LogP contribution in [0.5, 0.6) is 0 Å². The van der Waals surface area contributed by atoms with Crippen LogP contribution in [0.2, 0.25) is 0 Å². The van der Waals surface area contributed by atoms with Gasteiger partial charge in [0.2, 0.25) is 5.95 Å². The third-order valence-corrected chi connectivity index (χ3v) is 4.50. The lowest BCUT2D eigenvalue weighted by Gasteiger charge is -2.33. The molecule has 0 saturated carbocycles. The number of amides is 1. The minimum atomic E-state index is 0. The fourth-order valence-electron chi connectivity index (χ4n) is 3.21. The molecular formula is C19H26ClN5O. The molecule has 2 aromatic rings. The fourth-order valence-corrected chi connectivity index (χ4v) is 3.21. The predicted octanol–water partition coefficient (Wildman–Crippen LogP) is 2.06. The van der Waals surface area contributed by atoms with Gasteiger partial charge in [0.15, 0.2) is 0 Å². The number of piperidine rings is 1. The Morgan fingerprint density at radius 2 is 2.00 bits per heavy atom. The summed E-state index contributed by atoms with van der Waals surface area (Å²) in [4.78, 5) is 23.5. The molecule has 1 aliphatic heterocycles. The van der Waals surface area contributed by atoms with E-state index >= 15 is 0 Å². The predicted molar refractivity (Wildman–Crippen MR) is 106 cm³/mol. The zero-order chi connectivity index (χ0) is 17.5. The van der Waals surface area contributed by atoms with Crippen molar-refractivity contribution in [3.05, 3.63) is 53.9 Å². The number of anilines is 1. The normalized spacial score (nSPS) is 16.7. The van der Waals surface area contributed by atoms with E-state index in [0.29, 0.717) is 0 Å². The van der Waals surface area contributed by atoms with E-state index in [1.165, 1.54) is 0 Å². The average molecular weight is 376 g/mol. The monoisotopic (exact) mass is 375 g/mol. The zero-order valence-electron chi connectivity index (χ0n) is 15.0. The molecule has 1 fully saturated rings. The first-order chi connectivity index (χ1) is 12.3. The molecule has 3 rings (SSSR count). The molecule has 1 aromatic carbocycles. The molecule has 26 heavy (non-hydrogen) atoms. The van der Waals surface area contributed by atoms with Gasteiger partial charge in [-0.1, -0.05) is 18.2 Å². The molecule has 6 nitrogen and oxygen atoms in total. The third-order valence-electron chi connectivity index (χ3n) is 4.50. The first kappa shape index (κ1) is 20.1. The Balaban J connectivity index is 0.00000243. The summed E-state index contributed by atoms with van der Waals surface area (Å²) in [6, 6.07) is 9.76. The van der Waals surface area contributed by atoms with Crippen molar-refractivity contribution >= 4 is 24.3 Å². The van der Waals surface area contributed by atoms with Gasteiger partial charge in [0.25, 0.3) is 5.91 Å². The molecule has 7 heteroatoms. The maximum Gasteiger partial charge on any atom is 0.251 e. The lowest BCUT2D eigenvalue weighted by atomic mass is 10.0. The number of likely N-dealkylation sites (N-methyl/N-ethyl adjacent to an activating group) is 1. The topological polar surface area (TPSA) is 70.2 Å². The minimum absolute atomic E-state index is 0. The van der Waals surface area contributed by atoms with E-state index in [1.54, 1.807) is 12.4 Å². The van der Waals surface area contributed by atoms with Crippen LogP contribution in [-0.2, 0) is 6.42 Å². The van der Waals surface area contributed by atoms with Crippen molar-refractivity contribution < 1.29 is 4.79 Å². The summed E-state index contributed by atoms with van der Waals surface area (Å²) in [5, 5.41) is 6.33. The molecular weight excluding hydrogens is 350 g/mol. The number of carbonyl (C=O) groups excluding carboxylic acids is 1. The minimum Gasteiger partial charge on any atom is -0.348 e. The summed E-state index contributed by atoms with van der Waals surface area (Å²) in [5.41, 5.74) is 1.85. The highest BCUT2D eigenvalue weighted by atomic mass is 35.5. The molecule has 0 bridgehead atoms. The molecule has 1 amide bonds. The van der Waals surface area contributed by atoms with Crippen LogP contribution in [0, 0.1) is 0 Å². The maximum atomic E-state index is 12.8. The number of rotatable bonds is 6. The van der Waals surface area contributed by atoms with Crippen molar-refractivity contribution in [3.63, 3.8) is 0 Å². The van der Waals surface area contributed by atoms with Crippen LogP contribution >= 0.6 is 12.4 Å². The van der Waals surface area contributed by atoms with Crippen LogP contribution in [-0.4, -0.2) is 48.6 Å². The molecule has 1 atom stereocenters. The van der Waals surface area contributed by atoms with Crippen molar-refractivity contribution in [2.45, 2.75) is 25.3 Å². The van der Waals surface area contributed by atoms with E-state index in [0.717, 1.165) is 56.0 Å². The summed E-state index contributed by atoms with van der Waals surface area (Å²) >= 11 is 0. The second-order valence-electron chi connectivity index (χ2n) is 6.32. The van der Waals surface area contributed by atoms with E-state index in [9.17, 15) is 4.79 Å². The van der Waals surface area contributed by atoms with Crippen LogP contribution in [0.1, 0.15) is 28.8 Å². The summed E-state index contributed by atoms with van der Waals surface area (Å²) in [7, 11) is 1.92. The number of aromatic nitrogens is 2. The highest BCUT2D eigenvalue weighted by Gasteiger charge is 2.23. The fraction of sp³-hybridized carbons (Fsp3) is 0.421. The van der Waals surface area contributed by atoms with Gasteiger partial charge in [0, 0.05) is 37.1 Å². The lowest BCUT2D eigenvalue weighted by Crippen LogP contribution is -2.48. The van der Waals surface area contributed by atoms with Crippen molar-refractivity contribution in [2.75, 3.05) is 31.6 Å². The SMILES string of the molecule is CNCCc1ccccc1C(=O)NC1CCCN(c2ncccn2)C1.Cl. The largest absolute Gasteiger partial charge is 0.348 e. The Morgan fingerprint density at radius 1 is 1.23 bits per heavy atom. The van der Waals surface area contributed by atoms with Gasteiger partial charge >= 0.3 is 0 Å². The number of nitrogens with zero attached hydrogens (tertiary/aromatic N) is 3. The molecule has 2 heterocycles. The first-order valence-electron chi connectivity index (χ1n) is 8.83. The van der Waals surface area contributed by atoms with Gasteiger partial charge in [-0.15, -0.1) is 12.4 Å². The molecule has 1 aliphatic rings. The van der Waals surface area contributed by atoms with Gasteiger partial charge in [-0.05, 0) is 50.6 Å². The van der Waals surface area contributed by atoms with Gasteiger partial charge < -0.3 is 15.5 Å². The van der Waals surface area contributed by atoms with Crippen molar-refractivity contribution in [2.24, 2.45) is 0 Å². The van der Waals surface area contributed by atoms with Gasteiger partial charge in [-0.25, -0.2) is 9.97 Å². The van der Waals surface area contributed by atoms with E-state index in [-0.39, 0.29) is 24.4 Å². The van der Waals surface area contributed by atoms with E-state index < -0.39 is 0 Å². The quantitative estimate of drug-likeness (QED) is 0.808. The Hall–Kier alpha value is -2.18. The van der Waals surface area contributed by atoms with E-state index in [1.807, 2.05) is 37.4 Å². The second kappa shape index (κ2) is 10.1. The molecule has 140 valence electrons. The number of hydrogen-bond donors (Lipinski definition) is 2. The van der Waals surface area contributed by atoms with Crippen LogP contribution in [0.25, 0.3) is 0 Å². The number of benzene rings is 1. The molecule has 2 N–H and O–H groups in total. The van der Waals surface area contributed by atoms with Gasteiger partial charge in [0.05, 0.1) is 0 Å². The molecule has 1 unspecified atom stereocenters. The Labute approximate surface area is 160 Å². The standard InChI is InChI=1S/C19H25N5O.ClH/c1-20-12-9-15-6-2-3-8-17(15)18(25)23-16-7-4-13-24(14-16)19-21-10-5-11-22-19;/h2-3,5-6,8,10-11,16,20H,4,7,9,12-14H2,1H3,(H,23,25);1H. The smallest absolute Gasteiger partial charge is 0.251 e. The molecule has 1 aromatic heterocycles. The van der Waals surface area contributed by atoms with Crippen LogP contribution < -0.4 is 15.5 Å². The zero-order valence-corrected chi connectivity index (χ0v) is 15.8. The van der Waals surface area contributed by atoms with Crippen molar-refractivity contribution in [1.29, 1.82) is 0 Å². The van der Waals surface area contributed by atoms with Crippen LogP contribution in [0.4, 0.5) is 5.95 Å². The molecule has 0 aliphatic carbocycles. The summed E-state index contributed by atoms with van der Waals surface area (Å²) in [5.74, 6) is 0.739. The number of nitrogens with one attached hydrogen (secondary N) is 2.